The minimum Gasteiger partial charge on any atom is -0.379 e. The minimum atomic E-state index is -2.69. The first-order valence-electron chi connectivity index (χ1n) is 48.2. The number of rotatable bonds is 12. The van der Waals surface area contributed by atoms with Crippen molar-refractivity contribution in [1.29, 1.82) is 0 Å². The summed E-state index contributed by atoms with van der Waals surface area (Å²) in [6.45, 7) is 83.3. The number of nitrogens with one attached hydrogen (secondary N) is 1. The van der Waals surface area contributed by atoms with Crippen molar-refractivity contribution in [3.05, 3.63) is 11.6 Å². The number of morpholine rings is 2. The molecule has 0 aromatic heterocycles. The molecule has 3 aliphatic carbocycles. The summed E-state index contributed by atoms with van der Waals surface area (Å²) in [4.78, 5) is 27.9. The van der Waals surface area contributed by atoms with Crippen LogP contribution in [0.2, 0.25) is 0 Å². The van der Waals surface area contributed by atoms with E-state index in [0.29, 0.717) is 60.3 Å². The summed E-state index contributed by atoms with van der Waals surface area (Å²) in [5.41, 5.74) is 3.10. The monoisotopic (exact) mass is 1610 g/mol. The van der Waals surface area contributed by atoms with Crippen LogP contribution in [-0.2, 0) is 24.0 Å². The number of nitrogens with zero attached hydrogens (tertiary/aromatic N) is 11. The van der Waals surface area contributed by atoms with E-state index in [-0.39, 0.29) is 0 Å². The average Bonchev–Trinajstić information content (AvgIpc) is 1.56. The summed E-state index contributed by atoms with van der Waals surface area (Å²) in [5.74, 6) is 3.60. The van der Waals surface area contributed by atoms with E-state index in [0.717, 1.165) is 149 Å². The Hall–Kier alpha value is -0.910. The lowest BCUT2D eigenvalue weighted by molar-refractivity contribution is -0.115. The fraction of sp³-hybridized carbons (Fsp3) is 0.979. The van der Waals surface area contributed by atoms with Crippen LogP contribution in [0.4, 0.5) is 0 Å². The van der Waals surface area contributed by atoms with Gasteiger partial charge in [0.25, 0.3) is 0 Å². The van der Waals surface area contributed by atoms with Crippen LogP contribution in [0.15, 0.2) is 11.6 Å². The van der Waals surface area contributed by atoms with Gasteiger partial charge in [-0.2, -0.15) is 0 Å². The van der Waals surface area contributed by atoms with Crippen molar-refractivity contribution >= 4 is 9.84 Å². The van der Waals surface area contributed by atoms with Gasteiger partial charge in [0.05, 0.1) is 50.6 Å². The van der Waals surface area contributed by atoms with Gasteiger partial charge in [0.1, 0.15) is 0 Å². The van der Waals surface area contributed by atoms with E-state index in [2.05, 4.69) is 231 Å². The zero-order valence-corrected chi connectivity index (χ0v) is 79.8. The number of sulfone groups is 1. The predicted octanol–water partition coefficient (Wildman–Crippen LogP) is 16.5. The quantitative estimate of drug-likeness (QED) is 0.187. The molecule has 18 heteroatoms. The molecule has 1 N–H and O–H groups in total. The van der Waals surface area contributed by atoms with Crippen molar-refractivity contribution < 1.29 is 22.6 Å². The SMILES string of the molecule is CC(C)C1=CCOCC1.CC(C)N1C2CCCC1CC2.CC(C)N1CC2CC2C1.CC(C)N1CC2CCC1CO2.CC(C)N1CCC1.CC(C)N1CCC12CCC2.CC(C)N1CCC2(CC2)C1.CC(C)N1CCCC1.CC(C)N1CCCCC1.CC(C)N1CCNCC1.CC(C)N1CCOCC1.CC(C)N1CCS(=O)(=O)CC1. The second-order valence-corrected chi connectivity index (χ2v) is 43.0. The number of likely N-dealkylation sites (tertiary alicyclic amines) is 6. The summed E-state index contributed by atoms with van der Waals surface area (Å²) in [6, 6.07) is 10.7. The van der Waals surface area contributed by atoms with Gasteiger partial charge in [0.15, 0.2) is 9.84 Å². The van der Waals surface area contributed by atoms with E-state index in [1.165, 1.54) is 226 Å². The molecule has 6 atom stereocenters. The highest BCUT2D eigenvalue weighted by Crippen LogP contribution is 2.53. The lowest BCUT2D eigenvalue weighted by Crippen LogP contribution is -2.65. The maximum atomic E-state index is 11.0. The standard InChI is InChI=1S/C10H19N.C9H17NO.2C9H17N.C8H15N.C8H17N.C8H14O.C7H16N2.C7H15NO2S.C7H15NO.C7H15N.C6H13N/c1-8(2)11-9-4-3-5-10(11)7-6-9;1-7(2)10-5-9-4-3-8(10)6-11-9;1-8(2)10-6-5-9(7-10)3-4-9;1-8(2)10-7-6-9(10)4-3-5-9;1-6(2)9-4-7-3-8(7)5-9;1-8(2)9-6-4-3-5-7-9;1-7(2)8-3-5-9-6-4-8;1-7(2)9-5-3-8-4-6-9;1-7(2)8-3-5-11(9,10)6-4-8;1-7(2)8-3-5-9-6-4-8;1-7(2)8-5-3-4-6-8;1-6(2)7-4-3-5-7/h8-10H,3-7H2,1-2H3;7-9H,3-6H2,1-2H3;2*8H,3-7H2,1-2H3;6-8H,3-5H2,1-2H3;8H,3-7H2,1-2H3;3,7H,4-6H2,1-2H3;7-8H,3-6H2,1-2H3;7H,3-6H2,1-2H3;7H,3-6H2,1-2H3;7H,3-6H2,1-2H3;6H,3-5H2,1-2H3. The third kappa shape index (κ3) is 36.2. The van der Waals surface area contributed by atoms with Gasteiger partial charge < -0.3 is 44.0 Å². The summed E-state index contributed by atoms with van der Waals surface area (Å²) in [6.07, 6.45) is 34.3. The van der Waals surface area contributed by atoms with Crippen LogP contribution in [0, 0.1) is 23.2 Å². The van der Waals surface area contributed by atoms with E-state index >= 15 is 0 Å². The van der Waals surface area contributed by atoms with Crippen LogP contribution < -0.4 is 5.32 Å². The molecule has 0 aromatic rings. The molecule has 17 nitrogen and oxygen atoms in total. The Morgan fingerprint density at radius 2 is 0.858 bits per heavy atom. The molecule has 4 bridgehead atoms. The highest BCUT2D eigenvalue weighted by Gasteiger charge is 2.50. The first kappa shape index (κ1) is 101. The molecule has 17 fully saturated rings. The number of fused-ring (bicyclic) bond motifs is 6. The Balaban J connectivity index is 0.000000192. The molecular formula is C95H190N12O5S. The van der Waals surface area contributed by atoms with Gasteiger partial charge in [-0.25, -0.2) is 8.42 Å². The molecule has 666 valence electrons. The first-order valence-corrected chi connectivity index (χ1v) is 50.1. The molecule has 15 heterocycles. The van der Waals surface area contributed by atoms with Crippen molar-refractivity contribution in [3.8, 4) is 0 Å². The molecular weight excluding hydrogens is 1420 g/mol. The van der Waals surface area contributed by atoms with E-state index in [4.69, 9.17) is 14.2 Å². The lowest BCUT2D eigenvalue weighted by atomic mass is 9.67. The Labute approximate surface area is 701 Å². The van der Waals surface area contributed by atoms with Crippen LogP contribution in [0.5, 0.6) is 0 Å². The molecule has 2 spiro atoms. The van der Waals surface area contributed by atoms with Crippen molar-refractivity contribution in [2.75, 3.05) is 175 Å². The zero-order chi connectivity index (χ0) is 83.0. The van der Waals surface area contributed by atoms with Crippen molar-refractivity contribution in [2.24, 2.45) is 23.2 Å². The molecule has 0 aromatic carbocycles. The highest BCUT2D eigenvalue weighted by atomic mass is 32.2. The van der Waals surface area contributed by atoms with Crippen LogP contribution in [0.25, 0.3) is 0 Å². The van der Waals surface area contributed by atoms with Gasteiger partial charge in [-0.1, -0.05) is 38.3 Å². The van der Waals surface area contributed by atoms with Crippen LogP contribution >= 0.6 is 0 Å². The molecule has 0 radical (unpaired) electrons. The smallest absolute Gasteiger partial charge is 0.152 e. The number of ether oxygens (including phenoxy) is 3. The second-order valence-electron chi connectivity index (χ2n) is 40.7. The molecule has 0 amide bonds. The van der Waals surface area contributed by atoms with Gasteiger partial charge in [-0.15, -0.1) is 0 Å². The average molecular weight is 1610 g/mol. The Kier molecular flexibility index (Phi) is 46.3. The van der Waals surface area contributed by atoms with Crippen molar-refractivity contribution in [2.45, 2.75) is 404 Å². The number of hydrogen-bond donors (Lipinski definition) is 1. The summed E-state index contributed by atoms with van der Waals surface area (Å²) in [5, 5.41) is 3.33. The van der Waals surface area contributed by atoms with E-state index < -0.39 is 9.84 Å². The zero-order valence-electron chi connectivity index (χ0n) is 79.0. The van der Waals surface area contributed by atoms with E-state index in [1.54, 1.807) is 5.57 Å². The minimum absolute atomic E-state index is 0.338. The predicted molar refractivity (Wildman–Crippen MR) is 485 cm³/mol. The number of piperidine rings is 4. The Bertz CT molecular complexity index is 2490. The van der Waals surface area contributed by atoms with Crippen LogP contribution in [0.3, 0.4) is 0 Å². The normalized spacial score (nSPS) is 28.8. The molecule has 18 rings (SSSR count). The van der Waals surface area contributed by atoms with E-state index in [1.807, 2.05) is 0 Å². The second kappa shape index (κ2) is 51.9. The van der Waals surface area contributed by atoms with Gasteiger partial charge in [-0.3, -0.25) is 29.4 Å². The van der Waals surface area contributed by atoms with Crippen LogP contribution in [0.1, 0.15) is 307 Å². The molecule has 113 heavy (non-hydrogen) atoms. The van der Waals surface area contributed by atoms with Crippen molar-refractivity contribution in [1.82, 2.24) is 59.2 Å². The summed E-state index contributed by atoms with van der Waals surface area (Å²) < 4.78 is 38.0. The fourth-order valence-corrected chi connectivity index (χ4v) is 20.9. The molecule has 15 aliphatic heterocycles. The third-order valence-electron chi connectivity index (χ3n) is 28.6. The van der Waals surface area contributed by atoms with Gasteiger partial charge in [0.2, 0.25) is 0 Å². The molecule has 18 aliphatic rings. The van der Waals surface area contributed by atoms with E-state index in [9.17, 15) is 8.42 Å². The maximum absolute atomic E-state index is 11.0. The van der Waals surface area contributed by atoms with Gasteiger partial charge >= 0.3 is 0 Å². The number of piperazine rings is 1. The topological polar surface area (TPSA) is 110 Å². The third-order valence-corrected chi connectivity index (χ3v) is 30.2. The summed E-state index contributed by atoms with van der Waals surface area (Å²) in [7, 11) is -2.69. The molecule has 6 unspecified atom stereocenters. The Morgan fingerprint density at radius 3 is 1.13 bits per heavy atom. The van der Waals surface area contributed by atoms with Crippen molar-refractivity contribution in [3.63, 3.8) is 0 Å². The molecule has 3 saturated carbocycles. The summed E-state index contributed by atoms with van der Waals surface area (Å²) >= 11 is 0. The Morgan fingerprint density at radius 1 is 0.389 bits per heavy atom. The van der Waals surface area contributed by atoms with Gasteiger partial charge in [-0.05, 0) is 350 Å². The first-order chi connectivity index (χ1) is 53.6. The van der Waals surface area contributed by atoms with Gasteiger partial charge in [0, 0.05) is 175 Å². The van der Waals surface area contributed by atoms with Crippen LogP contribution in [-0.4, -0.2) is 334 Å². The maximum Gasteiger partial charge on any atom is 0.152 e. The highest BCUT2D eigenvalue weighted by molar-refractivity contribution is 7.91. The number of hydrogen-bond acceptors (Lipinski definition) is 17. The fourth-order valence-electron chi connectivity index (χ4n) is 19.7. The lowest BCUT2D eigenvalue weighted by Gasteiger charge is -2.60. The molecule has 14 saturated heterocycles. The largest absolute Gasteiger partial charge is 0.379 e.